The zero-order valence-corrected chi connectivity index (χ0v) is 19.6. The number of benzene rings is 3. The van der Waals surface area contributed by atoms with Gasteiger partial charge in [0.1, 0.15) is 6.10 Å². The Morgan fingerprint density at radius 1 is 0.735 bits per heavy atom. The Labute approximate surface area is 200 Å². The number of aryl methyl sites for hydroxylation is 1. The molecule has 0 fully saturated rings. The second kappa shape index (κ2) is 13.3. The molecule has 0 bridgehead atoms. The molecule has 1 N–H and O–H groups in total. The Morgan fingerprint density at radius 2 is 1.24 bits per heavy atom. The van der Waals surface area contributed by atoms with Gasteiger partial charge in [0, 0.05) is 14.2 Å². The van der Waals surface area contributed by atoms with Gasteiger partial charge in [0.25, 0.3) is 5.91 Å². The molecule has 34 heavy (non-hydrogen) atoms. The SMILES string of the molecule is COC(C(=O)NC[C@@H](CCc1ccccc1)OC(=O)C(OC)c1ccccc1)c1ccccc1. The molecule has 0 saturated heterocycles. The van der Waals surface area contributed by atoms with Gasteiger partial charge >= 0.3 is 5.97 Å². The fraction of sp³-hybridized carbons (Fsp3) is 0.286. The minimum Gasteiger partial charge on any atom is -0.458 e. The van der Waals surface area contributed by atoms with Gasteiger partial charge in [-0.25, -0.2) is 4.79 Å². The molecule has 1 amide bonds. The summed E-state index contributed by atoms with van der Waals surface area (Å²) in [5.74, 6) is -0.784. The van der Waals surface area contributed by atoms with Gasteiger partial charge in [0.2, 0.25) is 0 Å². The van der Waals surface area contributed by atoms with E-state index in [2.05, 4.69) is 5.32 Å². The number of ether oxygens (including phenoxy) is 3. The van der Waals surface area contributed by atoms with Crippen molar-refractivity contribution in [3.8, 4) is 0 Å². The first-order valence-corrected chi connectivity index (χ1v) is 11.3. The summed E-state index contributed by atoms with van der Waals surface area (Å²) in [6, 6.07) is 28.4. The second-order valence-electron chi connectivity index (χ2n) is 7.88. The summed E-state index contributed by atoms with van der Waals surface area (Å²) in [5.41, 5.74) is 2.59. The zero-order chi connectivity index (χ0) is 24.2. The number of esters is 1. The predicted molar refractivity (Wildman–Crippen MR) is 130 cm³/mol. The van der Waals surface area contributed by atoms with Crippen LogP contribution in [-0.4, -0.2) is 38.7 Å². The van der Waals surface area contributed by atoms with Crippen LogP contribution in [0.15, 0.2) is 91.0 Å². The topological polar surface area (TPSA) is 73.9 Å². The molecule has 3 rings (SSSR count). The summed E-state index contributed by atoms with van der Waals surface area (Å²) < 4.78 is 16.7. The molecule has 0 spiro atoms. The van der Waals surface area contributed by atoms with E-state index in [0.29, 0.717) is 18.4 Å². The highest BCUT2D eigenvalue weighted by Gasteiger charge is 2.26. The maximum Gasteiger partial charge on any atom is 0.340 e. The molecule has 0 aromatic heterocycles. The molecule has 0 heterocycles. The molecule has 2 unspecified atom stereocenters. The Hall–Kier alpha value is -3.48. The standard InChI is InChI=1S/C28H31NO5/c1-32-25(22-14-8-4-9-15-22)27(30)29-20-24(19-18-21-12-6-3-7-13-21)34-28(31)26(33-2)23-16-10-5-11-17-23/h3-17,24-26H,18-20H2,1-2H3,(H,29,30)/t24-,25?,26?/m1/s1. The van der Waals surface area contributed by atoms with Crippen LogP contribution in [0.2, 0.25) is 0 Å². The summed E-state index contributed by atoms with van der Waals surface area (Å²) in [4.78, 5) is 25.8. The lowest BCUT2D eigenvalue weighted by Crippen LogP contribution is -2.39. The van der Waals surface area contributed by atoms with Crippen LogP contribution in [0, 0.1) is 0 Å². The van der Waals surface area contributed by atoms with Crippen molar-refractivity contribution in [1.82, 2.24) is 5.32 Å². The molecular formula is C28H31NO5. The Balaban J connectivity index is 1.68. The summed E-state index contributed by atoms with van der Waals surface area (Å²) in [6.45, 7) is 0.162. The van der Waals surface area contributed by atoms with Crippen LogP contribution in [0.25, 0.3) is 0 Å². The third kappa shape index (κ3) is 7.27. The third-order valence-electron chi connectivity index (χ3n) is 5.51. The number of amides is 1. The lowest BCUT2D eigenvalue weighted by molar-refractivity contribution is -0.162. The van der Waals surface area contributed by atoms with Crippen molar-refractivity contribution in [3.63, 3.8) is 0 Å². The average molecular weight is 462 g/mol. The Morgan fingerprint density at radius 3 is 1.76 bits per heavy atom. The van der Waals surface area contributed by atoms with E-state index in [4.69, 9.17) is 14.2 Å². The summed E-state index contributed by atoms with van der Waals surface area (Å²) in [7, 11) is 2.97. The van der Waals surface area contributed by atoms with Crippen LogP contribution in [0.3, 0.4) is 0 Å². The first kappa shape index (κ1) is 25.1. The van der Waals surface area contributed by atoms with Crippen molar-refractivity contribution in [2.75, 3.05) is 20.8 Å². The van der Waals surface area contributed by atoms with Crippen LogP contribution >= 0.6 is 0 Å². The highest BCUT2D eigenvalue weighted by molar-refractivity contribution is 5.82. The maximum absolute atomic E-state index is 13.0. The normalized spacial score (nSPS) is 13.5. The third-order valence-corrected chi connectivity index (χ3v) is 5.51. The van der Waals surface area contributed by atoms with Crippen LogP contribution in [0.1, 0.15) is 35.3 Å². The number of methoxy groups -OCH3 is 2. The fourth-order valence-electron chi connectivity index (χ4n) is 3.73. The number of nitrogens with one attached hydrogen (secondary N) is 1. The van der Waals surface area contributed by atoms with Crippen molar-refractivity contribution in [2.45, 2.75) is 31.2 Å². The lowest BCUT2D eigenvalue weighted by atomic mass is 10.1. The van der Waals surface area contributed by atoms with E-state index < -0.39 is 24.3 Å². The molecule has 0 aliphatic rings. The van der Waals surface area contributed by atoms with Crippen molar-refractivity contribution in [2.24, 2.45) is 0 Å². The molecule has 0 aliphatic heterocycles. The minimum absolute atomic E-state index is 0.162. The van der Waals surface area contributed by atoms with Crippen LogP contribution in [0.4, 0.5) is 0 Å². The summed E-state index contributed by atoms with van der Waals surface area (Å²) in [5, 5.41) is 2.89. The Bertz CT molecular complexity index is 1010. The average Bonchev–Trinajstić information content (AvgIpc) is 2.88. The van der Waals surface area contributed by atoms with E-state index in [9.17, 15) is 9.59 Å². The van der Waals surface area contributed by atoms with Gasteiger partial charge in [0.05, 0.1) is 6.54 Å². The molecule has 6 heteroatoms. The maximum atomic E-state index is 13.0. The van der Waals surface area contributed by atoms with Crippen molar-refractivity contribution in [1.29, 1.82) is 0 Å². The monoisotopic (exact) mass is 461 g/mol. The summed E-state index contributed by atoms with van der Waals surface area (Å²) >= 11 is 0. The molecular weight excluding hydrogens is 430 g/mol. The molecule has 3 aromatic carbocycles. The number of carbonyl (C=O) groups is 2. The quantitative estimate of drug-likeness (QED) is 0.404. The summed E-state index contributed by atoms with van der Waals surface area (Å²) in [6.07, 6.45) is -0.880. The number of hydrogen-bond donors (Lipinski definition) is 1. The second-order valence-corrected chi connectivity index (χ2v) is 7.88. The van der Waals surface area contributed by atoms with E-state index in [1.165, 1.54) is 14.2 Å². The van der Waals surface area contributed by atoms with Crippen LogP contribution in [0.5, 0.6) is 0 Å². The number of hydrogen-bond acceptors (Lipinski definition) is 5. The molecule has 3 atom stereocenters. The van der Waals surface area contributed by atoms with Crippen molar-refractivity contribution < 1.29 is 23.8 Å². The van der Waals surface area contributed by atoms with Crippen LogP contribution < -0.4 is 5.32 Å². The first-order valence-electron chi connectivity index (χ1n) is 11.3. The first-order chi connectivity index (χ1) is 16.6. The Kier molecular flexibility index (Phi) is 9.82. The van der Waals surface area contributed by atoms with Crippen LogP contribution in [-0.2, 0) is 30.2 Å². The van der Waals surface area contributed by atoms with E-state index in [0.717, 1.165) is 11.1 Å². The van der Waals surface area contributed by atoms with E-state index in [-0.39, 0.29) is 12.5 Å². The van der Waals surface area contributed by atoms with Gasteiger partial charge in [-0.2, -0.15) is 0 Å². The molecule has 3 aromatic rings. The molecule has 0 saturated carbocycles. The van der Waals surface area contributed by atoms with Gasteiger partial charge in [-0.05, 0) is 29.5 Å². The molecule has 0 radical (unpaired) electrons. The molecule has 178 valence electrons. The highest BCUT2D eigenvalue weighted by atomic mass is 16.6. The smallest absolute Gasteiger partial charge is 0.340 e. The molecule has 6 nitrogen and oxygen atoms in total. The number of rotatable bonds is 12. The van der Waals surface area contributed by atoms with E-state index >= 15 is 0 Å². The minimum atomic E-state index is -0.841. The highest BCUT2D eigenvalue weighted by Crippen LogP contribution is 2.20. The zero-order valence-electron chi connectivity index (χ0n) is 19.6. The van der Waals surface area contributed by atoms with Gasteiger partial charge in [-0.3, -0.25) is 4.79 Å². The van der Waals surface area contributed by atoms with Gasteiger partial charge in [-0.15, -0.1) is 0 Å². The van der Waals surface area contributed by atoms with Gasteiger partial charge < -0.3 is 19.5 Å². The largest absolute Gasteiger partial charge is 0.458 e. The molecule has 0 aliphatic carbocycles. The fourth-order valence-corrected chi connectivity index (χ4v) is 3.73. The van der Waals surface area contributed by atoms with E-state index in [1.54, 1.807) is 0 Å². The van der Waals surface area contributed by atoms with E-state index in [1.807, 2.05) is 91.0 Å². The number of carbonyl (C=O) groups excluding carboxylic acids is 2. The lowest BCUT2D eigenvalue weighted by Gasteiger charge is -2.23. The predicted octanol–water partition coefficient (Wildman–Crippen LogP) is 4.42. The van der Waals surface area contributed by atoms with Crippen molar-refractivity contribution in [3.05, 3.63) is 108 Å². The van der Waals surface area contributed by atoms with Crippen molar-refractivity contribution >= 4 is 11.9 Å². The van der Waals surface area contributed by atoms with Gasteiger partial charge in [-0.1, -0.05) is 91.0 Å². The van der Waals surface area contributed by atoms with Gasteiger partial charge in [0.15, 0.2) is 12.2 Å².